The highest BCUT2D eigenvalue weighted by molar-refractivity contribution is 5.74. The van der Waals surface area contributed by atoms with Gasteiger partial charge in [-0.1, -0.05) is 45.0 Å². The number of aryl methyl sites for hydroxylation is 1. The molecule has 0 heterocycles. The van der Waals surface area contributed by atoms with Crippen LogP contribution in [0.5, 0.6) is 0 Å². The molecule has 0 aliphatic rings. The molecule has 0 bridgehead atoms. The topological polar surface area (TPSA) is 43.1 Å². The fourth-order valence-electron chi connectivity index (χ4n) is 1.96. The second kappa shape index (κ2) is 5.69. The molecule has 0 saturated carbocycles. The molecule has 0 fully saturated rings. The van der Waals surface area contributed by atoms with Crippen LogP contribution in [0, 0.1) is 5.92 Å². The number of benzene rings is 1. The van der Waals surface area contributed by atoms with E-state index in [9.17, 15) is 4.79 Å². The maximum atomic E-state index is 11.0. The summed E-state index contributed by atoms with van der Waals surface area (Å²) in [7, 11) is 0. The molecule has 0 aliphatic heterocycles. The van der Waals surface area contributed by atoms with Gasteiger partial charge in [-0.3, -0.25) is 4.79 Å². The summed E-state index contributed by atoms with van der Waals surface area (Å²) in [4.78, 5) is 11.0. The van der Waals surface area contributed by atoms with E-state index in [0.717, 1.165) is 6.42 Å². The van der Waals surface area contributed by atoms with Gasteiger partial charge in [0.25, 0.3) is 0 Å². The van der Waals surface area contributed by atoms with Crippen molar-refractivity contribution in [3.63, 3.8) is 0 Å². The Labute approximate surface area is 97.9 Å². The molecule has 1 rings (SSSR count). The van der Waals surface area contributed by atoms with Crippen molar-refractivity contribution in [2.75, 3.05) is 0 Å². The fraction of sp³-hybridized carbons (Fsp3) is 0.500. The van der Waals surface area contributed by atoms with Gasteiger partial charge >= 0.3 is 0 Å². The predicted molar refractivity (Wildman–Crippen MR) is 67.2 cm³/mol. The van der Waals surface area contributed by atoms with Gasteiger partial charge in [0.15, 0.2) is 0 Å². The fourth-order valence-corrected chi connectivity index (χ4v) is 1.96. The number of rotatable bonds is 5. The number of primary amides is 1. The Morgan fingerprint density at radius 3 is 2.19 bits per heavy atom. The molecule has 2 N–H and O–H groups in total. The molecule has 1 amide bonds. The zero-order valence-corrected chi connectivity index (χ0v) is 10.4. The standard InChI is InChI=1S/C14H21NO/c1-4-11-5-7-12(8-6-11)13(10(2)3)9-14(15)16/h5-8,10,13H,4,9H2,1-3H3,(H2,15,16). The second-order valence-corrected chi connectivity index (χ2v) is 4.62. The van der Waals surface area contributed by atoms with Gasteiger partial charge in [-0.25, -0.2) is 0 Å². The van der Waals surface area contributed by atoms with Gasteiger partial charge < -0.3 is 5.73 Å². The minimum Gasteiger partial charge on any atom is -0.370 e. The molecule has 2 heteroatoms. The maximum Gasteiger partial charge on any atom is 0.218 e. The van der Waals surface area contributed by atoms with Crippen molar-refractivity contribution in [1.82, 2.24) is 0 Å². The summed E-state index contributed by atoms with van der Waals surface area (Å²) in [6, 6.07) is 8.50. The maximum absolute atomic E-state index is 11.0. The third-order valence-electron chi connectivity index (χ3n) is 3.04. The zero-order valence-electron chi connectivity index (χ0n) is 10.4. The molecule has 16 heavy (non-hydrogen) atoms. The monoisotopic (exact) mass is 219 g/mol. The highest BCUT2D eigenvalue weighted by atomic mass is 16.1. The summed E-state index contributed by atoms with van der Waals surface area (Å²) < 4.78 is 0. The molecule has 1 unspecified atom stereocenters. The smallest absolute Gasteiger partial charge is 0.218 e. The van der Waals surface area contributed by atoms with Gasteiger partial charge in [0.05, 0.1) is 0 Å². The lowest BCUT2D eigenvalue weighted by Gasteiger charge is -2.20. The van der Waals surface area contributed by atoms with Gasteiger partial charge in [-0.05, 0) is 29.4 Å². The van der Waals surface area contributed by atoms with Gasteiger partial charge in [0.2, 0.25) is 5.91 Å². The number of carbonyl (C=O) groups is 1. The average molecular weight is 219 g/mol. The van der Waals surface area contributed by atoms with E-state index in [0.29, 0.717) is 12.3 Å². The van der Waals surface area contributed by atoms with Crippen LogP contribution in [0.4, 0.5) is 0 Å². The van der Waals surface area contributed by atoms with Crippen molar-refractivity contribution < 1.29 is 4.79 Å². The molecule has 1 atom stereocenters. The highest BCUT2D eigenvalue weighted by Crippen LogP contribution is 2.27. The third kappa shape index (κ3) is 3.37. The van der Waals surface area contributed by atoms with E-state index in [2.05, 4.69) is 45.0 Å². The molecule has 1 aromatic carbocycles. The van der Waals surface area contributed by atoms with Crippen LogP contribution in [0.25, 0.3) is 0 Å². The van der Waals surface area contributed by atoms with Crippen LogP contribution in [-0.2, 0) is 11.2 Å². The highest BCUT2D eigenvalue weighted by Gasteiger charge is 2.17. The van der Waals surface area contributed by atoms with Gasteiger partial charge in [-0.15, -0.1) is 0 Å². The van der Waals surface area contributed by atoms with Gasteiger partial charge in [0.1, 0.15) is 0 Å². The Balaban J connectivity index is 2.88. The molecule has 0 saturated heterocycles. The molecule has 1 aromatic rings. The first-order chi connectivity index (χ1) is 7.54. The Hall–Kier alpha value is -1.31. The third-order valence-corrected chi connectivity index (χ3v) is 3.04. The summed E-state index contributed by atoms with van der Waals surface area (Å²) in [6.45, 7) is 6.39. The Kier molecular flexibility index (Phi) is 4.53. The van der Waals surface area contributed by atoms with Crippen molar-refractivity contribution in [2.24, 2.45) is 11.7 Å². The van der Waals surface area contributed by atoms with E-state index in [-0.39, 0.29) is 11.8 Å². The summed E-state index contributed by atoms with van der Waals surface area (Å²) in [5, 5.41) is 0. The van der Waals surface area contributed by atoms with Crippen molar-refractivity contribution >= 4 is 5.91 Å². The van der Waals surface area contributed by atoms with Gasteiger partial charge in [0, 0.05) is 6.42 Å². The lowest BCUT2D eigenvalue weighted by Crippen LogP contribution is -2.18. The van der Waals surface area contributed by atoms with Crippen LogP contribution in [0.2, 0.25) is 0 Å². The largest absolute Gasteiger partial charge is 0.370 e. The summed E-state index contributed by atoms with van der Waals surface area (Å²) in [6.07, 6.45) is 1.48. The number of nitrogens with two attached hydrogens (primary N) is 1. The summed E-state index contributed by atoms with van der Waals surface area (Å²) >= 11 is 0. The zero-order chi connectivity index (χ0) is 12.1. The van der Waals surface area contributed by atoms with Crippen LogP contribution in [0.3, 0.4) is 0 Å². The Morgan fingerprint density at radius 1 is 1.25 bits per heavy atom. The number of hydrogen-bond donors (Lipinski definition) is 1. The normalized spacial score (nSPS) is 12.8. The van der Waals surface area contributed by atoms with Crippen molar-refractivity contribution in [3.05, 3.63) is 35.4 Å². The van der Waals surface area contributed by atoms with Crippen molar-refractivity contribution in [3.8, 4) is 0 Å². The lowest BCUT2D eigenvalue weighted by atomic mass is 9.85. The molecule has 0 aliphatic carbocycles. The lowest BCUT2D eigenvalue weighted by molar-refractivity contribution is -0.118. The number of amides is 1. The summed E-state index contributed by atoms with van der Waals surface area (Å²) in [5.41, 5.74) is 7.82. The van der Waals surface area contributed by atoms with Crippen LogP contribution >= 0.6 is 0 Å². The Morgan fingerprint density at radius 2 is 1.81 bits per heavy atom. The molecular weight excluding hydrogens is 198 g/mol. The molecule has 0 spiro atoms. The number of carbonyl (C=O) groups excluding carboxylic acids is 1. The Bertz CT molecular complexity index is 340. The first-order valence-corrected chi connectivity index (χ1v) is 5.91. The van der Waals surface area contributed by atoms with E-state index in [4.69, 9.17) is 5.73 Å². The van der Waals surface area contributed by atoms with Crippen molar-refractivity contribution in [1.29, 1.82) is 0 Å². The molecular formula is C14H21NO. The first kappa shape index (κ1) is 12.8. The van der Waals surface area contributed by atoms with E-state index in [1.807, 2.05) is 0 Å². The average Bonchev–Trinajstić information content (AvgIpc) is 2.25. The SMILES string of the molecule is CCc1ccc(C(CC(N)=O)C(C)C)cc1. The van der Waals surface area contributed by atoms with Crippen LogP contribution in [-0.4, -0.2) is 5.91 Å². The van der Waals surface area contributed by atoms with E-state index >= 15 is 0 Å². The second-order valence-electron chi connectivity index (χ2n) is 4.62. The molecule has 88 valence electrons. The number of hydrogen-bond acceptors (Lipinski definition) is 1. The van der Waals surface area contributed by atoms with Crippen LogP contribution in [0.15, 0.2) is 24.3 Å². The van der Waals surface area contributed by atoms with E-state index < -0.39 is 0 Å². The summed E-state index contributed by atoms with van der Waals surface area (Å²) in [5.74, 6) is 0.446. The molecule has 2 nitrogen and oxygen atoms in total. The van der Waals surface area contributed by atoms with Crippen LogP contribution in [0.1, 0.15) is 44.2 Å². The quantitative estimate of drug-likeness (QED) is 0.813. The van der Waals surface area contributed by atoms with E-state index in [1.54, 1.807) is 0 Å². The van der Waals surface area contributed by atoms with Crippen LogP contribution < -0.4 is 5.73 Å². The molecule has 0 aromatic heterocycles. The molecule has 0 radical (unpaired) electrons. The predicted octanol–water partition coefficient (Wildman–Crippen LogP) is 2.86. The minimum atomic E-state index is -0.224. The minimum absolute atomic E-state index is 0.224. The van der Waals surface area contributed by atoms with Gasteiger partial charge in [-0.2, -0.15) is 0 Å². The van der Waals surface area contributed by atoms with Crippen molar-refractivity contribution in [2.45, 2.75) is 39.5 Å². The van der Waals surface area contributed by atoms with E-state index in [1.165, 1.54) is 11.1 Å². The first-order valence-electron chi connectivity index (χ1n) is 5.91.